The maximum atomic E-state index is 11.8. The Labute approximate surface area is 111 Å². The Morgan fingerprint density at radius 3 is 2.50 bits per heavy atom. The summed E-state index contributed by atoms with van der Waals surface area (Å²) in [4.78, 5) is 11.8. The van der Waals surface area contributed by atoms with E-state index in [1.165, 1.54) is 25.7 Å². The quantitative estimate of drug-likeness (QED) is 0.725. The number of aliphatic carboxylic acids is 1. The second-order valence-electron chi connectivity index (χ2n) is 6.68. The fourth-order valence-electron chi connectivity index (χ4n) is 4.41. The van der Waals surface area contributed by atoms with Crippen LogP contribution in [0.2, 0.25) is 0 Å². The summed E-state index contributed by atoms with van der Waals surface area (Å²) in [7, 11) is 0. The first kappa shape index (κ1) is 13.9. The fraction of sp³-hybridized carbons (Fsp3) is 0.938. The van der Waals surface area contributed by atoms with Crippen molar-refractivity contribution in [2.75, 3.05) is 0 Å². The van der Waals surface area contributed by atoms with Crippen molar-refractivity contribution in [3.63, 3.8) is 0 Å². The van der Waals surface area contributed by atoms with Crippen molar-refractivity contribution in [1.29, 1.82) is 0 Å². The Morgan fingerprint density at radius 1 is 1.28 bits per heavy atom. The summed E-state index contributed by atoms with van der Waals surface area (Å²) in [6, 6.07) is 0. The molecule has 0 radical (unpaired) electrons. The van der Waals surface area contributed by atoms with Crippen molar-refractivity contribution in [3.05, 3.63) is 0 Å². The first-order valence-corrected chi connectivity index (χ1v) is 7.84. The van der Waals surface area contributed by atoms with Gasteiger partial charge in [0.1, 0.15) is 0 Å². The van der Waals surface area contributed by atoms with Gasteiger partial charge in [0.05, 0.1) is 5.41 Å². The summed E-state index contributed by atoms with van der Waals surface area (Å²) in [5, 5.41) is 9.68. The minimum absolute atomic E-state index is 0.425. The Bertz CT molecular complexity index is 299. The number of unbranched alkanes of at least 4 members (excludes halogenated alkanes) is 1. The van der Waals surface area contributed by atoms with Crippen molar-refractivity contribution in [1.82, 2.24) is 0 Å². The molecule has 0 amide bonds. The molecular weight excluding hydrogens is 224 g/mol. The van der Waals surface area contributed by atoms with Crippen LogP contribution >= 0.6 is 0 Å². The molecule has 0 heterocycles. The molecule has 2 aliphatic rings. The molecule has 2 nitrogen and oxygen atoms in total. The van der Waals surface area contributed by atoms with Crippen LogP contribution in [-0.4, -0.2) is 11.1 Å². The van der Waals surface area contributed by atoms with Gasteiger partial charge in [0.25, 0.3) is 0 Å². The topological polar surface area (TPSA) is 37.3 Å². The monoisotopic (exact) mass is 252 g/mol. The number of rotatable bonds is 7. The van der Waals surface area contributed by atoms with E-state index in [2.05, 4.69) is 13.8 Å². The second-order valence-corrected chi connectivity index (χ2v) is 6.68. The molecule has 0 saturated heterocycles. The highest BCUT2D eigenvalue weighted by Gasteiger charge is 2.45. The number of fused-ring (bicyclic) bond motifs is 2. The highest BCUT2D eigenvalue weighted by Crippen LogP contribution is 2.53. The predicted molar refractivity (Wildman–Crippen MR) is 73.4 cm³/mol. The van der Waals surface area contributed by atoms with E-state index in [0.29, 0.717) is 5.92 Å². The van der Waals surface area contributed by atoms with E-state index in [1.807, 2.05) is 0 Å². The first-order chi connectivity index (χ1) is 8.61. The van der Waals surface area contributed by atoms with E-state index in [0.717, 1.165) is 43.9 Å². The first-order valence-electron chi connectivity index (χ1n) is 7.84. The fourth-order valence-corrected chi connectivity index (χ4v) is 4.41. The molecule has 2 heteroatoms. The Hall–Kier alpha value is -0.530. The predicted octanol–water partition coefficient (Wildman–Crippen LogP) is 4.48. The lowest BCUT2D eigenvalue weighted by atomic mass is 9.70. The number of carboxylic acid groups (broad SMARTS) is 1. The molecule has 1 N–H and O–H groups in total. The maximum Gasteiger partial charge on any atom is 0.309 e. The van der Waals surface area contributed by atoms with E-state index >= 15 is 0 Å². The summed E-state index contributed by atoms with van der Waals surface area (Å²) >= 11 is 0. The molecule has 0 aromatic rings. The third-order valence-electron chi connectivity index (χ3n) is 5.68. The van der Waals surface area contributed by atoms with Crippen LogP contribution in [-0.2, 0) is 4.79 Å². The smallest absolute Gasteiger partial charge is 0.309 e. The van der Waals surface area contributed by atoms with Crippen LogP contribution in [0.3, 0.4) is 0 Å². The molecule has 0 aromatic carbocycles. The van der Waals surface area contributed by atoms with Gasteiger partial charge in [0.2, 0.25) is 0 Å². The summed E-state index contributed by atoms with van der Waals surface area (Å²) in [6.07, 6.45) is 10.3. The maximum absolute atomic E-state index is 11.8. The zero-order chi connectivity index (χ0) is 13.2. The highest BCUT2D eigenvalue weighted by atomic mass is 16.4. The van der Waals surface area contributed by atoms with Crippen LogP contribution in [0.25, 0.3) is 0 Å². The standard InChI is InChI=1S/C16H28O2/c1-3-5-8-16(4-2,15(17)18)11-14-10-12-6-7-13(14)9-12/h12-14H,3-11H2,1-2H3,(H,17,18). The SMILES string of the molecule is CCCCC(CC)(CC1CC2CCC1C2)C(=O)O. The van der Waals surface area contributed by atoms with Gasteiger partial charge in [-0.1, -0.05) is 33.1 Å². The number of hydrogen-bond donors (Lipinski definition) is 1. The van der Waals surface area contributed by atoms with Gasteiger partial charge in [0.15, 0.2) is 0 Å². The molecule has 0 aromatic heterocycles. The van der Waals surface area contributed by atoms with E-state index in [9.17, 15) is 9.90 Å². The molecule has 2 saturated carbocycles. The normalized spacial score (nSPS) is 33.6. The van der Waals surface area contributed by atoms with Crippen molar-refractivity contribution in [2.45, 2.75) is 71.6 Å². The minimum atomic E-state index is -0.541. The molecule has 2 bridgehead atoms. The molecule has 4 unspecified atom stereocenters. The van der Waals surface area contributed by atoms with Crippen LogP contribution in [0, 0.1) is 23.2 Å². The highest BCUT2D eigenvalue weighted by molar-refractivity contribution is 5.74. The molecule has 4 atom stereocenters. The molecule has 0 spiro atoms. The van der Waals surface area contributed by atoms with Gasteiger partial charge in [-0.15, -0.1) is 0 Å². The van der Waals surface area contributed by atoms with Gasteiger partial charge >= 0.3 is 5.97 Å². The summed E-state index contributed by atoms with van der Waals surface area (Å²) in [5.74, 6) is 1.94. The van der Waals surface area contributed by atoms with Crippen LogP contribution < -0.4 is 0 Å². The second kappa shape index (κ2) is 5.63. The third kappa shape index (κ3) is 2.57. The lowest BCUT2D eigenvalue weighted by Crippen LogP contribution is -2.34. The van der Waals surface area contributed by atoms with E-state index in [1.54, 1.807) is 0 Å². The van der Waals surface area contributed by atoms with Gasteiger partial charge in [-0.3, -0.25) is 4.79 Å². The van der Waals surface area contributed by atoms with Crippen molar-refractivity contribution < 1.29 is 9.90 Å². The molecule has 2 aliphatic carbocycles. The molecule has 0 aliphatic heterocycles. The van der Waals surface area contributed by atoms with Gasteiger partial charge in [-0.05, 0) is 56.3 Å². The molecule has 2 rings (SSSR count). The van der Waals surface area contributed by atoms with Gasteiger partial charge in [0, 0.05) is 0 Å². The lowest BCUT2D eigenvalue weighted by molar-refractivity contribution is -0.151. The minimum Gasteiger partial charge on any atom is -0.481 e. The number of carboxylic acids is 1. The van der Waals surface area contributed by atoms with Gasteiger partial charge in [-0.25, -0.2) is 0 Å². The van der Waals surface area contributed by atoms with Crippen LogP contribution in [0.5, 0.6) is 0 Å². The average molecular weight is 252 g/mol. The Morgan fingerprint density at radius 2 is 2.06 bits per heavy atom. The van der Waals surface area contributed by atoms with Gasteiger partial charge < -0.3 is 5.11 Å². The van der Waals surface area contributed by atoms with E-state index in [4.69, 9.17) is 0 Å². The zero-order valence-corrected chi connectivity index (χ0v) is 12.0. The molecular formula is C16H28O2. The molecule has 18 heavy (non-hydrogen) atoms. The van der Waals surface area contributed by atoms with Crippen LogP contribution in [0.15, 0.2) is 0 Å². The van der Waals surface area contributed by atoms with Gasteiger partial charge in [-0.2, -0.15) is 0 Å². The molecule has 104 valence electrons. The molecule has 2 fully saturated rings. The average Bonchev–Trinajstić information content (AvgIpc) is 2.96. The van der Waals surface area contributed by atoms with Crippen molar-refractivity contribution in [3.8, 4) is 0 Å². The van der Waals surface area contributed by atoms with E-state index in [-0.39, 0.29) is 0 Å². The van der Waals surface area contributed by atoms with E-state index < -0.39 is 11.4 Å². The van der Waals surface area contributed by atoms with Crippen LogP contribution in [0.1, 0.15) is 71.6 Å². The van der Waals surface area contributed by atoms with Crippen LogP contribution in [0.4, 0.5) is 0 Å². The largest absolute Gasteiger partial charge is 0.481 e. The summed E-state index contributed by atoms with van der Waals surface area (Å²) in [5.41, 5.74) is -0.425. The summed E-state index contributed by atoms with van der Waals surface area (Å²) in [6.45, 7) is 4.22. The zero-order valence-electron chi connectivity index (χ0n) is 12.0. The summed E-state index contributed by atoms with van der Waals surface area (Å²) < 4.78 is 0. The van der Waals surface area contributed by atoms with Crippen molar-refractivity contribution >= 4 is 5.97 Å². The Balaban J connectivity index is 2.02. The number of carbonyl (C=O) groups is 1. The Kier molecular flexibility index (Phi) is 4.34. The van der Waals surface area contributed by atoms with Crippen molar-refractivity contribution in [2.24, 2.45) is 23.2 Å². The lowest BCUT2D eigenvalue weighted by Gasteiger charge is -2.34. The number of hydrogen-bond acceptors (Lipinski definition) is 1. The third-order valence-corrected chi connectivity index (χ3v) is 5.68.